The second-order valence-electron chi connectivity index (χ2n) is 3.45. The summed E-state index contributed by atoms with van der Waals surface area (Å²) in [6.07, 6.45) is 3.75. The Balaban J connectivity index is 2.40. The minimum Gasteiger partial charge on any atom is -0.351 e. The van der Waals surface area contributed by atoms with Gasteiger partial charge in [-0.25, -0.2) is 4.98 Å². The smallest absolute Gasteiger partial charge is 0.312 e. The van der Waals surface area contributed by atoms with Gasteiger partial charge in [0.25, 0.3) is 0 Å². The fraction of sp³-hybridized carbons (Fsp3) is 0.444. The molecular formula is C9H10BrN3O2. The molecule has 2 rings (SSSR count). The molecule has 0 N–H and O–H groups in total. The topological polar surface area (TPSA) is 59.3 Å². The van der Waals surface area contributed by atoms with E-state index in [1.807, 2.05) is 4.90 Å². The van der Waals surface area contributed by atoms with Gasteiger partial charge >= 0.3 is 5.69 Å². The van der Waals surface area contributed by atoms with Crippen LogP contribution in [-0.2, 0) is 0 Å². The highest BCUT2D eigenvalue weighted by Crippen LogP contribution is 2.30. The summed E-state index contributed by atoms with van der Waals surface area (Å²) in [5, 5.41) is 10.8. The SMILES string of the molecule is O=[N+]([O-])c1cc(Br)cnc1N1CCCC1. The summed E-state index contributed by atoms with van der Waals surface area (Å²) in [6.45, 7) is 1.71. The zero-order valence-electron chi connectivity index (χ0n) is 8.02. The van der Waals surface area contributed by atoms with Crippen molar-refractivity contribution in [3.63, 3.8) is 0 Å². The average Bonchev–Trinajstić information content (AvgIpc) is 2.70. The lowest BCUT2D eigenvalue weighted by Crippen LogP contribution is -2.20. The van der Waals surface area contributed by atoms with Crippen molar-refractivity contribution in [3.8, 4) is 0 Å². The molecule has 0 atom stereocenters. The van der Waals surface area contributed by atoms with Crippen LogP contribution in [0.2, 0.25) is 0 Å². The van der Waals surface area contributed by atoms with Gasteiger partial charge in [-0.2, -0.15) is 0 Å². The first-order valence-corrected chi connectivity index (χ1v) is 5.52. The molecule has 0 spiro atoms. The van der Waals surface area contributed by atoms with E-state index in [-0.39, 0.29) is 10.6 Å². The molecule has 80 valence electrons. The Bertz CT molecular complexity index is 391. The summed E-state index contributed by atoms with van der Waals surface area (Å²) < 4.78 is 0.636. The van der Waals surface area contributed by atoms with Crippen molar-refractivity contribution in [2.24, 2.45) is 0 Å². The van der Waals surface area contributed by atoms with Crippen LogP contribution in [-0.4, -0.2) is 23.0 Å². The third kappa shape index (κ3) is 2.09. The van der Waals surface area contributed by atoms with Crippen LogP contribution in [0.5, 0.6) is 0 Å². The number of nitro groups is 1. The average molecular weight is 272 g/mol. The summed E-state index contributed by atoms with van der Waals surface area (Å²) in [5.41, 5.74) is 0.0753. The van der Waals surface area contributed by atoms with Gasteiger partial charge in [-0.15, -0.1) is 0 Å². The maximum absolute atomic E-state index is 10.8. The summed E-state index contributed by atoms with van der Waals surface area (Å²) >= 11 is 3.19. The van der Waals surface area contributed by atoms with Crippen molar-refractivity contribution < 1.29 is 4.92 Å². The Kier molecular flexibility index (Phi) is 2.86. The van der Waals surface area contributed by atoms with Crippen LogP contribution in [0.4, 0.5) is 11.5 Å². The third-order valence-corrected chi connectivity index (χ3v) is 2.85. The van der Waals surface area contributed by atoms with E-state index in [2.05, 4.69) is 20.9 Å². The molecule has 0 aliphatic carbocycles. The van der Waals surface area contributed by atoms with E-state index in [4.69, 9.17) is 0 Å². The fourth-order valence-corrected chi connectivity index (χ4v) is 2.05. The highest BCUT2D eigenvalue weighted by molar-refractivity contribution is 9.10. The van der Waals surface area contributed by atoms with Crippen LogP contribution in [0.1, 0.15) is 12.8 Å². The van der Waals surface area contributed by atoms with E-state index < -0.39 is 0 Å². The monoisotopic (exact) mass is 271 g/mol. The van der Waals surface area contributed by atoms with Crippen molar-refractivity contribution >= 4 is 27.4 Å². The van der Waals surface area contributed by atoms with Crippen LogP contribution < -0.4 is 4.90 Å². The molecule has 1 aliphatic heterocycles. The molecule has 1 aromatic heterocycles. The van der Waals surface area contributed by atoms with Gasteiger partial charge in [0.05, 0.1) is 4.92 Å². The number of pyridine rings is 1. The lowest BCUT2D eigenvalue weighted by atomic mass is 10.3. The molecule has 15 heavy (non-hydrogen) atoms. The van der Waals surface area contributed by atoms with E-state index in [1.165, 1.54) is 6.07 Å². The van der Waals surface area contributed by atoms with Crippen molar-refractivity contribution in [3.05, 3.63) is 26.9 Å². The molecule has 0 radical (unpaired) electrons. The molecule has 0 unspecified atom stereocenters. The maximum Gasteiger partial charge on any atom is 0.312 e. The van der Waals surface area contributed by atoms with Crippen LogP contribution in [0.25, 0.3) is 0 Å². The number of halogens is 1. The first-order valence-electron chi connectivity index (χ1n) is 4.73. The third-order valence-electron chi connectivity index (χ3n) is 2.42. The summed E-state index contributed by atoms with van der Waals surface area (Å²) in [6, 6.07) is 1.50. The predicted octanol–water partition coefficient (Wildman–Crippen LogP) is 2.35. The molecule has 2 heterocycles. The molecule has 0 aromatic carbocycles. The number of rotatable bonds is 2. The van der Waals surface area contributed by atoms with Gasteiger partial charge in [-0.1, -0.05) is 0 Å². The van der Waals surface area contributed by atoms with Gasteiger partial charge in [-0.3, -0.25) is 10.1 Å². The van der Waals surface area contributed by atoms with E-state index >= 15 is 0 Å². The predicted molar refractivity (Wildman–Crippen MR) is 60.0 cm³/mol. The number of nitrogens with zero attached hydrogens (tertiary/aromatic N) is 3. The summed E-state index contributed by atoms with van der Waals surface area (Å²) in [5.74, 6) is 0.487. The van der Waals surface area contributed by atoms with E-state index in [1.54, 1.807) is 6.20 Å². The summed E-state index contributed by atoms with van der Waals surface area (Å²) in [4.78, 5) is 16.5. The fourth-order valence-electron chi connectivity index (χ4n) is 1.73. The standard InChI is InChI=1S/C9H10BrN3O2/c10-7-5-8(13(14)15)9(11-6-7)12-3-1-2-4-12/h5-6H,1-4H2. The normalized spacial score (nSPS) is 15.7. The largest absolute Gasteiger partial charge is 0.351 e. The first-order chi connectivity index (χ1) is 7.18. The Morgan fingerprint density at radius 3 is 2.73 bits per heavy atom. The highest BCUT2D eigenvalue weighted by Gasteiger charge is 2.23. The van der Waals surface area contributed by atoms with E-state index in [0.29, 0.717) is 10.3 Å². The van der Waals surface area contributed by atoms with Crippen LogP contribution in [0, 0.1) is 10.1 Å². The van der Waals surface area contributed by atoms with Crippen LogP contribution in [0.15, 0.2) is 16.7 Å². The molecule has 1 aromatic rings. The maximum atomic E-state index is 10.8. The van der Waals surface area contributed by atoms with E-state index in [9.17, 15) is 10.1 Å². The first kappa shape index (κ1) is 10.4. The molecule has 0 saturated carbocycles. The van der Waals surface area contributed by atoms with Crippen LogP contribution in [0.3, 0.4) is 0 Å². The molecule has 0 bridgehead atoms. The van der Waals surface area contributed by atoms with Gasteiger partial charge in [0.2, 0.25) is 5.82 Å². The molecular weight excluding hydrogens is 262 g/mol. The number of aromatic nitrogens is 1. The Labute approximate surface area is 95.4 Å². The van der Waals surface area contributed by atoms with Crippen molar-refractivity contribution in [2.75, 3.05) is 18.0 Å². The molecule has 1 aliphatic rings. The number of hydrogen-bond donors (Lipinski definition) is 0. The van der Waals surface area contributed by atoms with Gasteiger partial charge in [0, 0.05) is 29.8 Å². The number of hydrogen-bond acceptors (Lipinski definition) is 4. The molecule has 1 saturated heterocycles. The van der Waals surface area contributed by atoms with Gasteiger partial charge in [-0.05, 0) is 28.8 Å². The zero-order valence-corrected chi connectivity index (χ0v) is 9.61. The van der Waals surface area contributed by atoms with Crippen molar-refractivity contribution in [2.45, 2.75) is 12.8 Å². The van der Waals surface area contributed by atoms with Gasteiger partial charge < -0.3 is 4.90 Å². The highest BCUT2D eigenvalue weighted by atomic mass is 79.9. The molecule has 5 nitrogen and oxygen atoms in total. The molecule has 0 amide bonds. The lowest BCUT2D eigenvalue weighted by molar-refractivity contribution is -0.384. The molecule has 1 fully saturated rings. The number of anilines is 1. The zero-order chi connectivity index (χ0) is 10.8. The second kappa shape index (κ2) is 4.14. The summed E-state index contributed by atoms with van der Waals surface area (Å²) in [7, 11) is 0. The quantitative estimate of drug-likeness (QED) is 0.612. The van der Waals surface area contributed by atoms with Gasteiger partial charge in [0.15, 0.2) is 0 Å². The van der Waals surface area contributed by atoms with Gasteiger partial charge in [0.1, 0.15) is 0 Å². The van der Waals surface area contributed by atoms with Crippen molar-refractivity contribution in [1.82, 2.24) is 4.98 Å². The minimum atomic E-state index is -0.384. The Hall–Kier alpha value is -1.17. The Morgan fingerprint density at radius 1 is 1.47 bits per heavy atom. The minimum absolute atomic E-state index is 0.0753. The Morgan fingerprint density at radius 2 is 2.13 bits per heavy atom. The van der Waals surface area contributed by atoms with Crippen LogP contribution >= 0.6 is 15.9 Å². The molecule has 6 heteroatoms. The van der Waals surface area contributed by atoms with E-state index in [0.717, 1.165) is 25.9 Å². The second-order valence-corrected chi connectivity index (χ2v) is 4.36. The lowest BCUT2D eigenvalue weighted by Gasteiger charge is -2.15. The van der Waals surface area contributed by atoms with Crippen molar-refractivity contribution in [1.29, 1.82) is 0 Å².